The Kier molecular flexibility index (Phi) is 3.61. The summed E-state index contributed by atoms with van der Waals surface area (Å²) >= 11 is 1.65. The third kappa shape index (κ3) is 2.44. The standard InChI is InChI=1S/C12H18N2OS/c1-9-4-7-16-12(9)10(13)8-11(15)14-5-2-3-6-14/h4,7,10H,2-3,5-6,8,13H2,1H3. The van der Waals surface area contributed by atoms with Gasteiger partial charge in [-0.1, -0.05) is 0 Å². The first-order valence-corrected chi connectivity index (χ1v) is 6.64. The summed E-state index contributed by atoms with van der Waals surface area (Å²) in [6, 6.07) is 1.92. The van der Waals surface area contributed by atoms with Crippen LogP contribution in [0.2, 0.25) is 0 Å². The molecule has 1 aromatic rings. The van der Waals surface area contributed by atoms with Gasteiger partial charge < -0.3 is 10.6 Å². The number of aryl methyl sites for hydroxylation is 1. The number of thiophene rings is 1. The van der Waals surface area contributed by atoms with E-state index in [1.807, 2.05) is 17.2 Å². The maximum Gasteiger partial charge on any atom is 0.224 e. The van der Waals surface area contributed by atoms with Crippen LogP contribution in [0, 0.1) is 6.92 Å². The Hall–Kier alpha value is -0.870. The smallest absolute Gasteiger partial charge is 0.224 e. The van der Waals surface area contributed by atoms with E-state index >= 15 is 0 Å². The minimum Gasteiger partial charge on any atom is -0.343 e. The molecule has 0 bridgehead atoms. The van der Waals surface area contributed by atoms with Crippen LogP contribution in [-0.4, -0.2) is 23.9 Å². The highest BCUT2D eigenvalue weighted by Crippen LogP contribution is 2.25. The molecular formula is C12H18N2OS. The topological polar surface area (TPSA) is 46.3 Å². The Morgan fingerprint density at radius 1 is 1.56 bits per heavy atom. The average molecular weight is 238 g/mol. The lowest BCUT2D eigenvalue weighted by atomic mass is 10.1. The fourth-order valence-electron chi connectivity index (χ4n) is 2.14. The molecule has 1 aliphatic rings. The second kappa shape index (κ2) is 4.97. The molecule has 0 spiro atoms. The van der Waals surface area contributed by atoms with Gasteiger partial charge in [0.25, 0.3) is 0 Å². The summed E-state index contributed by atoms with van der Waals surface area (Å²) in [5, 5.41) is 2.03. The monoisotopic (exact) mass is 238 g/mol. The van der Waals surface area contributed by atoms with Crippen molar-refractivity contribution in [3.05, 3.63) is 21.9 Å². The van der Waals surface area contributed by atoms with Crippen molar-refractivity contribution in [1.29, 1.82) is 0 Å². The number of nitrogens with zero attached hydrogens (tertiary/aromatic N) is 1. The van der Waals surface area contributed by atoms with Crippen molar-refractivity contribution in [1.82, 2.24) is 4.90 Å². The van der Waals surface area contributed by atoms with Gasteiger partial charge in [0.1, 0.15) is 0 Å². The van der Waals surface area contributed by atoms with Crippen molar-refractivity contribution in [2.75, 3.05) is 13.1 Å². The van der Waals surface area contributed by atoms with Crippen molar-refractivity contribution in [3.8, 4) is 0 Å². The predicted molar refractivity (Wildman–Crippen MR) is 66.4 cm³/mol. The van der Waals surface area contributed by atoms with Gasteiger partial charge in [0.05, 0.1) is 0 Å². The van der Waals surface area contributed by atoms with E-state index in [2.05, 4.69) is 6.07 Å². The summed E-state index contributed by atoms with van der Waals surface area (Å²) in [6.45, 7) is 3.87. The van der Waals surface area contributed by atoms with Crippen LogP contribution in [0.25, 0.3) is 0 Å². The highest BCUT2D eigenvalue weighted by atomic mass is 32.1. The highest BCUT2D eigenvalue weighted by Gasteiger charge is 2.21. The molecule has 2 heterocycles. The van der Waals surface area contributed by atoms with Crippen LogP contribution < -0.4 is 5.73 Å². The fraction of sp³-hybridized carbons (Fsp3) is 0.583. The molecule has 16 heavy (non-hydrogen) atoms. The largest absolute Gasteiger partial charge is 0.343 e. The molecule has 0 aromatic carbocycles. The molecule has 0 aliphatic carbocycles. The molecule has 1 atom stereocenters. The number of carbonyl (C=O) groups excluding carboxylic acids is 1. The Morgan fingerprint density at radius 2 is 2.25 bits per heavy atom. The lowest BCUT2D eigenvalue weighted by molar-refractivity contribution is -0.130. The Balaban J connectivity index is 1.94. The Morgan fingerprint density at radius 3 is 2.81 bits per heavy atom. The number of likely N-dealkylation sites (tertiary alicyclic amines) is 1. The van der Waals surface area contributed by atoms with Gasteiger partial charge in [-0.3, -0.25) is 4.79 Å². The lowest BCUT2D eigenvalue weighted by Crippen LogP contribution is -2.30. The molecule has 1 fully saturated rings. The first-order chi connectivity index (χ1) is 7.68. The quantitative estimate of drug-likeness (QED) is 0.876. The van der Waals surface area contributed by atoms with Crippen LogP contribution in [0.15, 0.2) is 11.4 Å². The molecule has 1 saturated heterocycles. The molecule has 1 aliphatic heterocycles. The lowest BCUT2D eigenvalue weighted by Gasteiger charge is -2.18. The minimum atomic E-state index is -0.131. The van der Waals surface area contributed by atoms with Gasteiger partial charge >= 0.3 is 0 Å². The maximum atomic E-state index is 11.9. The SMILES string of the molecule is Cc1ccsc1C(N)CC(=O)N1CCCC1. The molecule has 0 saturated carbocycles. The summed E-state index contributed by atoms with van der Waals surface area (Å²) in [5.41, 5.74) is 7.27. The average Bonchev–Trinajstić information content (AvgIpc) is 2.86. The third-order valence-electron chi connectivity index (χ3n) is 3.09. The molecule has 4 heteroatoms. The molecule has 1 aromatic heterocycles. The molecule has 2 N–H and O–H groups in total. The Labute approximate surface area is 100 Å². The number of hydrogen-bond acceptors (Lipinski definition) is 3. The zero-order chi connectivity index (χ0) is 11.5. The van der Waals surface area contributed by atoms with Crippen LogP contribution in [-0.2, 0) is 4.79 Å². The van der Waals surface area contributed by atoms with Gasteiger partial charge in [-0.2, -0.15) is 0 Å². The van der Waals surface area contributed by atoms with Crippen LogP contribution in [0.1, 0.15) is 35.7 Å². The number of hydrogen-bond donors (Lipinski definition) is 1. The molecule has 1 unspecified atom stereocenters. The second-order valence-electron chi connectivity index (χ2n) is 4.37. The summed E-state index contributed by atoms with van der Waals surface area (Å²) < 4.78 is 0. The molecule has 2 rings (SSSR count). The third-order valence-corrected chi connectivity index (χ3v) is 4.24. The van der Waals surface area contributed by atoms with E-state index in [1.54, 1.807) is 11.3 Å². The molecule has 1 amide bonds. The van der Waals surface area contributed by atoms with E-state index in [1.165, 1.54) is 5.56 Å². The van der Waals surface area contributed by atoms with Gasteiger partial charge in [0.15, 0.2) is 0 Å². The number of rotatable bonds is 3. The number of carbonyl (C=O) groups is 1. The minimum absolute atomic E-state index is 0.131. The summed E-state index contributed by atoms with van der Waals surface area (Å²) in [7, 11) is 0. The Bertz CT molecular complexity index is 369. The normalized spacial score (nSPS) is 17.8. The van der Waals surface area contributed by atoms with Gasteiger partial charge in [-0.25, -0.2) is 0 Å². The summed E-state index contributed by atoms with van der Waals surface area (Å²) in [4.78, 5) is 15.0. The number of nitrogens with two attached hydrogens (primary N) is 1. The zero-order valence-electron chi connectivity index (χ0n) is 9.61. The van der Waals surface area contributed by atoms with Gasteiger partial charge in [0, 0.05) is 30.4 Å². The van der Waals surface area contributed by atoms with Crippen molar-refractivity contribution < 1.29 is 4.79 Å². The highest BCUT2D eigenvalue weighted by molar-refractivity contribution is 7.10. The van der Waals surface area contributed by atoms with Crippen LogP contribution in [0.4, 0.5) is 0 Å². The van der Waals surface area contributed by atoms with Crippen molar-refractivity contribution in [3.63, 3.8) is 0 Å². The molecular weight excluding hydrogens is 220 g/mol. The number of amides is 1. The van der Waals surface area contributed by atoms with E-state index < -0.39 is 0 Å². The van der Waals surface area contributed by atoms with E-state index in [4.69, 9.17) is 5.73 Å². The van der Waals surface area contributed by atoms with Gasteiger partial charge in [-0.05, 0) is 36.8 Å². The molecule has 88 valence electrons. The first kappa shape index (κ1) is 11.6. The fourth-order valence-corrected chi connectivity index (χ4v) is 3.07. The van der Waals surface area contributed by atoms with E-state index in [0.29, 0.717) is 6.42 Å². The van der Waals surface area contributed by atoms with Crippen LogP contribution in [0.5, 0.6) is 0 Å². The summed E-state index contributed by atoms with van der Waals surface area (Å²) in [6.07, 6.45) is 2.72. The predicted octanol–water partition coefficient (Wildman–Crippen LogP) is 2.07. The van der Waals surface area contributed by atoms with Crippen molar-refractivity contribution in [2.24, 2.45) is 5.73 Å². The van der Waals surface area contributed by atoms with E-state index in [0.717, 1.165) is 30.8 Å². The van der Waals surface area contributed by atoms with Crippen molar-refractivity contribution >= 4 is 17.2 Å². The molecule has 3 nitrogen and oxygen atoms in total. The van der Waals surface area contributed by atoms with Crippen LogP contribution in [0.3, 0.4) is 0 Å². The first-order valence-electron chi connectivity index (χ1n) is 5.76. The summed E-state index contributed by atoms with van der Waals surface area (Å²) in [5.74, 6) is 0.206. The van der Waals surface area contributed by atoms with E-state index in [9.17, 15) is 4.79 Å². The van der Waals surface area contributed by atoms with Gasteiger partial charge in [0.2, 0.25) is 5.91 Å². The molecule has 0 radical (unpaired) electrons. The van der Waals surface area contributed by atoms with Gasteiger partial charge in [-0.15, -0.1) is 11.3 Å². The second-order valence-corrected chi connectivity index (χ2v) is 5.31. The zero-order valence-corrected chi connectivity index (χ0v) is 10.4. The maximum absolute atomic E-state index is 11.9. The van der Waals surface area contributed by atoms with Crippen molar-refractivity contribution in [2.45, 2.75) is 32.2 Å². The van der Waals surface area contributed by atoms with E-state index in [-0.39, 0.29) is 11.9 Å². The van der Waals surface area contributed by atoms with Crippen LogP contribution >= 0.6 is 11.3 Å².